The fraction of sp³-hybridized carbons (Fsp3) is 0.263. The predicted molar refractivity (Wildman–Crippen MR) is 102 cm³/mol. The van der Waals surface area contributed by atoms with Crippen molar-refractivity contribution in [1.82, 2.24) is 10.6 Å². The second-order valence-corrected chi connectivity index (χ2v) is 6.08. The van der Waals surface area contributed by atoms with Crippen molar-refractivity contribution in [2.24, 2.45) is 0 Å². The summed E-state index contributed by atoms with van der Waals surface area (Å²) in [7, 11) is 1.62. The van der Waals surface area contributed by atoms with Crippen molar-refractivity contribution in [2.45, 2.75) is 26.5 Å². The van der Waals surface area contributed by atoms with E-state index in [1.54, 1.807) is 31.4 Å². The molecule has 2 aromatic rings. The Hall–Kier alpha value is -2.60. The molecule has 1 amide bonds. The molecule has 0 bridgehead atoms. The minimum Gasteiger partial charge on any atom is -0.497 e. The van der Waals surface area contributed by atoms with E-state index in [1.165, 1.54) is 0 Å². The van der Waals surface area contributed by atoms with E-state index in [0.717, 1.165) is 17.1 Å². The Morgan fingerprint density at radius 2 is 1.64 bits per heavy atom. The zero-order valence-electron chi connectivity index (χ0n) is 14.5. The minimum absolute atomic E-state index is 0.0920. The molecule has 5 nitrogen and oxygen atoms in total. The summed E-state index contributed by atoms with van der Waals surface area (Å²) in [6, 6.07) is 14.6. The molecule has 0 aliphatic heterocycles. The van der Waals surface area contributed by atoms with Gasteiger partial charge in [-0.15, -0.1) is 0 Å². The smallest absolute Gasteiger partial charge is 0.257 e. The van der Waals surface area contributed by atoms with Crippen LogP contribution in [0, 0.1) is 0 Å². The molecule has 0 saturated heterocycles. The first kappa shape index (κ1) is 18.7. The molecule has 0 unspecified atom stereocenters. The topological polar surface area (TPSA) is 59.6 Å². The largest absolute Gasteiger partial charge is 0.497 e. The average molecular weight is 358 g/mol. The Labute approximate surface area is 153 Å². The van der Waals surface area contributed by atoms with Gasteiger partial charge in [0.1, 0.15) is 11.5 Å². The van der Waals surface area contributed by atoms with Gasteiger partial charge in [-0.05, 0) is 68.0 Å². The molecular weight excluding hydrogens is 336 g/mol. The first-order valence-electron chi connectivity index (χ1n) is 7.96. The monoisotopic (exact) mass is 358 g/mol. The van der Waals surface area contributed by atoms with Gasteiger partial charge in [0, 0.05) is 12.1 Å². The molecule has 2 rings (SSSR count). The van der Waals surface area contributed by atoms with Crippen molar-refractivity contribution >= 4 is 23.2 Å². The van der Waals surface area contributed by atoms with E-state index in [1.807, 2.05) is 38.1 Å². The summed E-state index contributed by atoms with van der Waals surface area (Å²) in [6.07, 6.45) is 0.0920. The van der Waals surface area contributed by atoms with Crippen LogP contribution in [0.4, 0.5) is 0 Å². The molecule has 0 atom stereocenters. The maximum Gasteiger partial charge on any atom is 0.257 e. The molecule has 0 aromatic heterocycles. The lowest BCUT2D eigenvalue weighted by Crippen LogP contribution is -2.38. The number of benzene rings is 2. The van der Waals surface area contributed by atoms with Crippen LogP contribution in [0.2, 0.25) is 0 Å². The molecule has 0 heterocycles. The molecule has 0 radical (unpaired) electrons. The van der Waals surface area contributed by atoms with E-state index >= 15 is 0 Å². The number of amides is 1. The van der Waals surface area contributed by atoms with Gasteiger partial charge in [0.2, 0.25) is 0 Å². The fourth-order valence-electron chi connectivity index (χ4n) is 2.10. The molecule has 2 aromatic carbocycles. The summed E-state index contributed by atoms with van der Waals surface area (Å²) in [5, 5.41) is 5.95. The molecule has 132 valence electrons. The number of methoxy groups -OCH3 is 1. The number of hydrogen-bond acceptors (Lipinski definition) is 4. The van der Waals surface area contributed by atoms with Gasteiger partial charge >= 0.3 is 0 Å². The normalized spacial score (nSPS) is 10.2. The Morgan fingerprint density at radius 3 is 2.20 bits per heavy atom. The molecule has 2 N–H and O–H groups in total. The van der Waals surface area contributed by atoms with E-state index in [0.29, 0.717) is 12.1 Å². The first-order valence-corrected chi connectivity index (χ1v) is 8.37. The zero-order chi connectivity index (χ0) is 18.2. The van der Waals surface area contributed by atoms with Crippen LogP contribution >= 0.6 is 12.2 Å². The van der Waals surface area contributed by atoms with Crippen molar-refractivity contribution in [3.63, 3.8) is 0 Å². The standard InChI is InChI=1S/C19H22N2O3S/c1-13(2)24-17-10-6-15(7-11-17)18(22)21-19(25)20-12-14-4-8-16(23-3)9-5-14/h4-11,13H,12H2,1-3H3,(H2,20,21,22,25). The Bertz CT molecular complexity index is 712. The Balaban J connectivity index is 1.83. The fourth-order valence-corrected chi connectivity index (χ4v) is 2.27. The Kier molecular flexibility index (Phi) is 6.77. The third kappa shape index (κ3) is 6.08. The molecule has 6 heteroatoms. The number of hydrogen-bond donors (Lipinski definition) is 2. The molecule has 0 saturated carbocycles. The number of thiocarbonyl (C=S) groups is 1. The average Bonchev–Trinajstić information content (AvgIpc) is 2.60. The molecule has 25 heavy (non-hydrogen) atoms. The summed E-state index contributed by atoms with van der Waals surface area (Å²) in [5.74, 6) is 1.26. The van der Waals surface area contributed by atoms with Crippen LogP contribution < -0.4 is 20.1 Å². The number of rotatable bonds is 6. The molecule has 0 aliphatic rings. The van der Waals surface area contributed by atoms with Gasteiger partial charge in [-0.3, -0.25) is 10.1 Å². The van der Waals surface area contributed by atoms with Gasteiger partial charge < -0.3 is 14.8 Å². The summed E-state index contributed by atoms with van der Waals surface area (Å²) in [5.41, 5.74) is 1.55. The summed E-state index contributed by atoms with van der Waals surface area (Å²) < 4.78 is 10.7. The van der Waals surface area contributed by atoms with Crippen molar-refractivity contribution < 1.29 is 14.3 Å². The predicted octanol–water partition coefficient (Wildman–Crippen LogP) is 3.29. The lowest BCUT2D eigenvalue weighted by molar-refractivity contribution is 0.0976. The van der Waals surface area contributed by atoms with Gasteiger partial charge in [-0.1, -0.05) is 12.1 Å². The quantitative estimate of drug-likeness (QED) is 0.776. The second kappa shape index (κ2) is 9.03. The molecular formula is C19H22N2O3S. The van der Waals surface area contributed by atoms with Crippen molar-refractivity contribution in [3.8, 4) is 11.5 Å². The minimum atomic E-state index is -0.261. The van der Waals surface area contributed by atoms with Gasteiger partial charge in [-0.2, -0.15) is 0 Å². The third-order valence-electron chi connectivity index (χ3n) is 3.33. The summed E-state index contributed by atoms with van der Waals surface area (Å²) >= 11 is 5.17. The van der Waals surface area contributed by atoms with Crippen molar-refractivity contribution in [2.75, 3.05) is 7.11 Å². The van der Waals surface area contributed by atoms with E-state index < -0.39 is 0 Å². The highest BCUT2D eigenvalue weighted by Gasteiger charge is 2.08. The van der Waals surface area contributed by atoms with E-state index in [9.17, 15) is 4.79 Å². The van der Waals surface area contributed by atoms with E-state index in [-0.39, 0.29) is 17.1 Å². The third-order valence-corrected chi connectivity index (χ3v) is 3.57. The number of nitrogens with one attached hydrogen (secondary N) is 2. The maximum absolute atomic E-state index is 12.2. The molecule has 0 fully saturated rings. The summed E-state index contributed by atoms with van der Waals surface area (Å²) in [4.78, 5) is 12.2. The van der Waals surface area contributed by atoms with Crippen molar-refractivity contribution in [1.29, 1.82) is 0 Å². The first-order chi connectivity index (χ1) is 12.0. The highest BCUT2D eigenvalue weighted by atomic mass is 32.1. The highest BCUT2D eigenvalue weighted by Crippen LogP contribution is 2.14. The highest BCUT2D eigenvalue weighted by molar-refractivity contribution is 7.80. The number of carbonyl (C=O) groups excluding carboxylic acids is 1. The second-order valence-electron chi connectivity index (χ2n) is 5.68. The summed E-state index contributed by atoms with van der Waals surface area (Å²) in [6.45, 7) is 4.42. The van der Waals surface area contributed by atoms with Crippen LogP contribution in [-0.4, -0.2) is 24.2 Å². The van der Waals surface area contributed by atoms with Crippen LogP contribution in [0.1, 0.15) is 29.8 Å². The molecule has 0 spiro atoms. The van der Waals surface area contributed by atoms with E-state index in [2.05, 4.69) is 10.6 Å². The Morgan fingerprint density at radius 1 is 1.04 bits per heavy atom. The van der Waals surface area contributed by atoms with Crippen molar-refractivity contribution in [3.05, 3.63) is 59.7 Å². The molecule has 0 aliphatic carbocycles. The van der Waals surface area contributed by atoms with Crippen LogP contribution in [0.5, 0.6) is 11.5 Å². The van der Waals surface area contributed by atoms with Gasteiger partial charge in [-0.25, -0.2) is 0 Å². The number of ether oxygens (including phenoxy) is 2. The van der Waals surface area contributed by atoms with Gasteiger partial charge in [0.15, 0.2) is 5.11 Å². The van der Waals surface area contributed by atoms with Crippen LogP contribution in [-0.2, 0) is 6.54 Å². The van der Waals surface area contributed by atoms with Crippen LogP contribution in [0.3, 0.4) is 0 Å². The lowest BCUT2D eigenvalue weighted by atomic mass is 10.2. The number of carbonyl (C=O) groups is 1. The van der Waals surface area contributed by atoms with Crippen LogP contribution in [0.15, 0.2) is 48.5 Å². The van der Waals surface area contributed by atoms with Crippen LogP contribution in [0.25, 0.3) is 0 Å². The lowest BCUT2D eigenvalue weighted by Gasteiger charge is -2.11. The van der Waals surface area contributed by atoms with E-state index in [4.69, 9.17) is 21.7 Å². The SMILES string of the molecule is COc1ccc(CNC(=S)NC(=O)c2ccc(OC(C)C)cc2)cc1. The zero-order valence-corrected chi connectivity index (χ0v) is 15.4. The van der Waals surface area contributed by atoms with Gasteiger partial charge in [0.25, 0.3) is 5.91 Å². The maximum atomic E-state index is 12.2. The van der Waals surface area contributed by atoms with Gasteiger partial charge in [0.05, 0.1) is 13.2 Å².